The number of nitrogens with one attached hydrogen (secondary N) is 5. The molecule has 0 fully saturated rings. The van der Waals surface area contributed by atoms with Crippen molar-refractivity contribution in [1.82, 2.24) is 26.6 Å². The summed E-state index contributed by atoms with van der Waals surface area (Å²) in [5, 5.41) is 13.1. The van der Waals surface area contributed by atoms with Crippen LogP contribution in [0.25, 0.3) is 0 Å². The monoisotopic (exact) mass is 954 g/mol. The Balaban J connectivity index is 6.78. The third-order valence-corrected chi connectivity index (χ3v) is 9.22. The van der Waals surface area contributed by atoms with E-state index in [0.29, 0.717) is 6.42 Å². The van der Waals surface area contributed by atoms with Crippen LogP contribution in [0.2, 0.25) is 0 Å². The molecule has 0 aliphatic heterocycles. The lowest BCUT2D eigenvalue weighted by Crippen LogP contribution is -2.59. The maximum atomic E-state index is 14.2. The minimum absolute atomic E-state index is 0.00670. The van der Waals surface area contributed by atoms with E-state index in [9.17, 15) is 28.8 Å². The van der Waals surface area contributed by atoms with Gasteiger partial charge in [-0.3, -0.25) is 58.7 Å². The summed E-state index contributed by atoms with van der Waals surface area (Å²) < 4.78 is 0. The van der Waals surface area contributed by atoms with Crippen molar-refractivity contribution >= 4 is 71.2 Å². The van der Waals surface area contributed by atoms with Gasteiger partial charge >= 0.3 is 0 Å². The molecule has 0 radical (unpaired) electrons. The summed E-state index contributed by atoms with van der Waals surface area (Å²) in [5.74, 6) is -5.93. The Hall–Kier alpha value is -7.60. The predicted molar refractivity (Wildman–Crippen MR) is 256 cm³/mol. The summed E-state index contributed by atoms with van der Waals surface area (Å²) in [6.45, 7) is 0.614. The smallest absolute Gasteiger partial charge is 0.243 e. The molecule has 0 saturated heterocycles. The average Bonchev–Trinajstić information content (AvgIpc) is 3.23. The average molecular weight is 954 g/mol. The first-order valence-electron chi connectivity index (χ1n) is 21.4. The number of nitrogens with two attached hydrogens (primary N) is 14. The van der Waals surface area contributed by atoms with Gasteiger partial charge < -0.3 is 107 Å². The first-order valence-corrected chi connectivity index (χ1v) is 21.4. The number of hydrogen-bond donors (Lipinski definition) is 19. The highest BCUT2D eigenvalue weighted by Crippen LogP contribution is 2.09. The maximum Gasteiger partial charge on any atom is 0.243 e. The first kappa shape index (κ1) is 59.4. The molecule has 0 aromatic carbocycles. The fourth-order valence-electron chi connectivity index (χ4n) is 5.90. The lowest BCUT2D eigenvalue weighted by atomic mass is 10.0. The third kappa shape index (κ3) is 30.2. The van der Waals surface area contributed by atoms with Crippen LogP contribution in [-0.2, 0) is 28.8 Å². The van der Waals surface area contributed by atoms with Crippen LogP contribution in [0.3, 0.4) is 0 Å². The molecule has 67 heavy (non-hydrogen) atoms. The van der Waals surface area contributed by atoms with Crippen molar-refractivity contribution in [3.05, 3.63) is 0 Å². The molecular formula is C36H75N25O6. The highest BCUT2D eigenvalue weighted by molar-refractivity contribution is 5.96. The molecule has 0 heterocycles. The van der Waals surface area contributed by atoms with Crippen LogP contribution in [-0.4, -0.2) is 147 Å². The van der Waals surface area contributed by atoms with Crippen LogP contribution in [0.4, 0.5) is 0 Å². The van der Waals surface area contributed by atoms with Crippen LogP contribution in [0, 0.1) is 0 Å². The normalized spacial score (nSPS) is 13.2. The number of nitrogens with zero attached hydrogens (tertiary/aromatic N) is 6. The van der Waals surface area contributed by atoms with Gasteiger partial charge in [0, 0.05) is 39.3 Å². The van der Waals surface area contributed by atoms with E-state index in [-0.39, 0.29) is 146 Å². The zero-order chi connectivity index (χ0) is 50.9. The Morgan fingerprint density at radius 2 is 0.493 bits per heavy atom. The molecule has 0 bridgehead atoms. The fraction of sp³-hybridized carbons (Fsp3) is 0.667. The second kappa shape index (κ2) is 33.8. The highest BCUT2D eigenvalue weighted by atomic mass is 16.2. The van der Waals surface area contributed by atoms with E-state index in [4.69, 9.17) is 80.3 Å². The van der Waals surface area contributed by atoms with Gasteiger partial charge in [-0.25, -0.2) is 0 Å². The quantitative estimate of drug-likeness (QED) is 0.0159. The Labute approximate surface area is 388 Å². The molecule has 33 N–H and O–H groups in total. The van der Waals surface area contributed by atoms with Gasteiger partial charge in [-0.1, -0.05) is 0 Å². The van der Waals surface area contributed by atoms with E-state index in [1.165, 1.54) is 0 Å². The molecule has 0 aliphatic rings. The zero-order valence-corrected chi connectivity index (χ0v) is 37.9. The predicted octanol–water partition coefficient (Wildman–Crippen LogP) is -9.46. The molecule has 380 valence electrons. The van der Waals surface area contributed by atoms with E-state index >= 15 is 0 Å². The summed E-state index contributed by atoms with van der Waals surface area (Å²) in [6.07, 6.45) is 1.36. The SMILES string of the molecule is NC(=O)C(CCCN=C(N)N)NC(=O)C(CCCN=C(N)N)NC(=O)C(CCCN=C(N)N)NC(=O)C(CCCN=C(N)N)NC(=O)C(CCCN=C(N)N)NC(=O)C(N)CCCN=C(N)N. The van der Waals surface area contributed by atoms with Crippen LogP contribution in [0.15, 0.2) is 30.0 Å². The van der Waals surface area contributed by atoms with E-state index in [1.807, 2.05) is 0 Å². The summed E-state index contributed by atoms with van der Waals surface area (Å²) in [5.41, 5.74) is 76.9. The number of primary amides is 1. The summed E-state index contributed by atoms with van der Waals surface area (Å²) >= 11 is 0. The Morgan fingerprint density at radius 3 is 0.716 bits per heavy atom. The lowest BCUT2D eigenvalue weighted by Gasteiger charge is -2.27. The topological polar surface area (TPSA) is 601 Å². The Kier molecular flexibility index (Phi) is 30.0. The largest absolute Gasteiger partial charge is 0.370 e. The lowest BCUT2D eigenvalue weighted by molar-refractivity contribution is -0.135. The minimum Gasteiger partial charge on any atom is -0.370 e. The van der Waals surface area contributed by atoms with Crippen LogP contribution in [0.5, 0.6) is 0 Å². The van der Waals surface area contributed by atoms with E-state index in [2.05, 4.69) is 56.5 Å². The summed E-state index contributed by atoms with van der Waals surface area (Å²) in [6, 6.07) is -7.52. The second-order valence-corrected chi connectivity index (χ2v) is 15.0. The van der Waals surface area contributed by atoms with Gasteiger partial charge in [0.05, 0.1) is 6.04 Å². The highest BCUT2D eigenvalue weighted by Gasteiger charge is 2.32. The summed E-state index contributed by atoms with van der Waals surface area (Å²) in [7, 11) is 0. The van der Waals surface area contributed by atoms with E-state index in [0.717, 1.165) is 0 Å². The summed E-state index contributed by atoms with van der Waals surface area (Å²) in [4.78, 5) is 105. The molecule has 0 saturated carbocycles. The number of amides is 6. The van der Waals surface area contributed by atoms with Gasteiger partial charge in [-0.05, 0) is 77.0 Å². The van der Waals surface area contributed by atoms with Gasteiger partial charge in [0.25, 0.3) is 0 Å². The number of hydrogen-bond acceptors (Lipinski definition) is 13. The van der Waals surface area contributed by atoms with Gasteiger partial charge in [0.2, 0.25) is 35.4 Å². The molecule has 0 spiro atoms. The number of aliphatic imine (C=N–C) groups is 6. The van der Waals surface area contributed by atoms with Gasteiger partial charge in [0.15, 0.2) is 35.8 Å². The van der Waals surface area contributed by atoms with Gasteiger partial charge in [-0.2, -0.15) is 0 Å². The van der Waals surface area contributed by atoms with Crippen molar-refractivity contribution in [2.24, 2.45) is 110 Å². The van der Waals surface area contributed by atoms with Crippen molar-refractivity contribution in [3.63, 3.8) is 0 Å². The van der Waals surface area contributed by atoms with Crippen LogP contribution >= 0.6 is 0 Å². The zero-order valence-electron chi connectivity index (χ0n) is 37.9. The molecule has 6 amide bonds. The van der Waals surface area contributed by atoms with Crippen molar-refractivity contribution in [2.75, 3.05) is 39.3 Å². The van der Waals surface area contributed by atoms with Crippen molar-refractivity contribution < 1.29 is 28.8 Å². The van der Waals surface area contributed by atoms with Crippen molar-refractivity contribution in [1.29, 1.82) is 0 Å². The Morgan fingerprint density at radius 1 is 0.299 bits per heavy atom. The standard InChI is InChI=1S/C36H75N25O6/c37-19(7-1-13-51-31(39)40)26(63)58-21(9-3-15-53-33(43)44)28(65)60-23(11-5-17-55-35(47)48)30(67)61-24(12-6-18-56-36(49)50)29(66)59-22(10-4-16-54-34(45)46)27(64)57-20(25(38)62)8-2-14-52-32(41)42/h19-24H,1-18,37H2,(H2,38,62)(H,57,64)(H,58,63)(H,59,66)(H,60,65)(H,61,67)(H4,39,40,51)(H4,41,42,52)(H4,43,44,53)(H4,45,46,54)(H4,47,48,55)(H4,49,50,56). The minimum atomic E-state index is -1.37. The molecular weight excluding hydrogens is 879 g/mol. The fourth-order valence-corrected chi connectivity index (χ4v) is 5.90. The molecule has 0 aromatic heterocycles. The van der Waals surface area contributed by atoms with Crippen LogP contribution < -0.4 is 107 Å². The second-order valence-electron chi connectivity index (χ2n) is 15.0. The van der Waals surface area contributed by atoms with E-state index in [1.54, 1.807) is 0 Å². The molecule has 0 aromatic rings. The van der Waals surface area contributed by atoms with Crippen molar-refractivity contribution in [2.45, 2.75) is 113 Å². The molecule has 31 heteroatoms. The molecule has 0 rings (SSSR count). The molecule has 6 unspecified atom stereocenters. The number of rotatable bonds is 35. The molecule has 31 nitrogen and oxygen atoms in total. The Bertz CT molecular complexity index is 1750. The van der Waals surface area contributed by atoms with E-state index < -0.39 is 71.7 Å². The van der Waals surface area contributed by atoms with Crippen molar-refractivity contribution in [3.8, 4) is 0 Å². The van der Waals surface area contributed by atoms with Gasteiger partial charge in [0.1, 0.15) is 30.2 Å². The number of carbonyl (C=O) groups excluding carboxylic acids is 6. The third-order valence-electron chi connectivity index (χ3n) is 9.22. The maximum absolute atomic E-state index is 14.2. The molecule has 6 atom stereocenters. The number of carbonyl (C=O) groups is 6. The number of guanidine groups is 6. The molecule has 0 aliphatic carbocycles. The van der Waals surface area contributed by atoms with Crippen LogP contribution in [0.1, 0.15) is 77.0 Å². The first-order chi connectivity index (χ1) is 31.5. The van der Waals surface area contributed by atoms with Gasteiger partial charge in [-0.15, -0.1) is 0 Å².